The number of carbonyl (C=O) groups excluding carboxylic acids is 1. The van der Waals surface area contributed by atoms with Crippen LogP contribution >= 0.6 is 0 Å². The molecule has 0 saturated carbocycles. The van der Waals surface area contributed by atoms with Gasteiger partial charge in [0, 0.05) is 6.42 Å². The lowest BCUT2D eigenvalue weighted by atomic mass is 10.1. The number of carboxylic acids is 1. The molecule has 1 aromatic rings. The Morgan fingerprint density at radius 2 is 1.36 bits per heavy atom. The highest BCUT2D eigenvalue weighted by atomic mass is 16.4. The lowest BCUT2D eigenvalue weighted by Gasteiger charge is -2.08. The van der Waals surface area contributed by atoms with E-state index in [0.717, 1.165) is 12.8 Å². The summed E-state index contributed by atoms with van der Waals surface area (Å²) < 4.78 is 0. The quantitative estimate of drug-likeness (QED) is 0.321. The SMILES string of the molecule is CCCCCCCCCCCCC(=O)NNc1ccc(C(=O)O)cc1. The normalized spacial score (nSPS) is 10.4. The molecule has 1 amide bonds. The molecule has 25 heavy (non-hydrogen) atoms. The topological polar surface area (TPSA) is 78.4 Å². The zero-order valence-electron chi connectivity index (χ0n) is 15.4. The standard InChI is InChI=1S/C20H32N2O3/c1-2-3-4-5-6-7-8-9-10-11-12-19(23)22-21-18-15-13-17(14-16-18)20(24)25/h13-16,21H,2-12H2,1H3,(H,22,23)(H,24,25). The summed E-state index contributed by atoms with van der Waals surface area (Å²) >= 11 is 0. The van der Waals surface area contributed by atoms with Gasteiger partial charge in [-0.05, 0) is 30.7 Å². The zero-order valence-corrected chi connectivity index (χ0v) is 15.4. The maximum Gasteiger partial charge on any atom is 0.335 e. The number of unbranched alkanes of at least 4 members (excludes halogenated alkanes) is 9. The van der Waals surface area contributed by atoms with Crippen molar-refractivity contribution in [2.75, 3.05) is 5.43 Å². The molecule has 0 bridgehead atoms. The summed E-state index contributed by atoms with van der Waals surface area (Å²) in [5, 5.41) is 8.83. The van der Waals surface area contributed by atoms with Gasteiger partial charge in [-0.3, -0.25) is 15.6 Å². The lowest BCUT2D eigenvalue weighted by molar-refractivity contribution is -0.120. The number of amides is 1. The fraction of sp³-hybridized carbons (Fsp3) is 0.600. The van der Waals surface area contributed by atoms with Crippen LogP contribution in [-0.2, 0) is 4.79 Å². The van der Waals surface area contributed by atoms with E-state index in [1.165, 1.54) is 63.5 Å². The second kappa shape index (κ2) is 13.3. The maximum absolute atomic E-state index is 11.8. The third-order valence-electron chi connectivity index (χ3n) is 4.24. The predicted molar refractivity (Wildman–Crippen MR) is 102 cm³/mol. The predicted octanol–water partition coefficient (Wildman–Crippen LogP) is 5.14. The van der Waals surface area contributed by atoms with E-state index in [-0.39, 0.29) is 11.5 Å². The molecular weight excluding hydrogens is 316 g/mol. The Labute approximate surface area is 151 Å². The molecule has 0 heterocycles. The summed E-state index contributed by atoms with van der Waals surface area (Å²) in [5.41, 5.74) is 6.34. The number of hydrogen-bond donors (Lipinski definition) is 3. The Hall–Kier alpha value is -2.04. The average Bonchev–Trinajstić information content (AvgIpc) is 2.62. The van der Waals surface area contributed by atoms with Crippen molar-refractivity contribution in [2.45, 2.75) is 77.6 Å². The Balaban J connectivity index is 1.99. The van der Waals surface area contributed by atoms with Gasteiger partial charge < -0.3 is 5.11 Å². The van der Waals surface area contributed by atoms with Crippen molar-refractivity contribution < 1.29 is 14.7 Å². The molecule has 0 spiro atoms. The fourth-order valence-corrected chi connectivity index (χ4v) is 2.67. The second-order valence-corrected chi connectivity index (χ2v) is 6.49. The van der Waals surface area contributed by atoms with Crippen molar-refractivity contribution in [3.05, 3.63) is 29.8 Å². The number of hydrogen-bond acceptors (Lipinski definition) is 3. The molecule has 1 rings (SSSR count). The van der Waals surface area contributed by atoms with Crippen LogP contribution in [0.15, 0.2) is 24.3 Å². The van der Waals surface area contributed by atoms with Crippen LogP contribution in [0.1, 0.15) is 87.9 Å². The first kappa shape index (κ1) is 21.0. The number of anilines is 1. The summed E-state index contributed by atoms with van der Waals surface area (Å²) in [6.45, 7) is 2.24. The number of carboxylic acid groups (broad SMARTS) is 1. The number of aromatic carboxylic acids is 1. The fourth-order valence-electron chi connectivity index (χ4n) is 2.67. The number of rotatable bonds is 14. The van der Waals surface area contributed by atoms with E-state index < -0.39 is 5.97 Å². The first-order chi connectivity index (χ1) is 12.1. The lowest BCUT2D eigenvalue weighted by Crippen LogP contribution is -2.29. The van der Waals surface area contributed by atoms with Gasteiger partial charge in [-0.15, -0.1) is 0 Å². The van der Waals surface area contributed by atoms with Gasteiger partial charge >= 0.3 is 5.97 Å². The first-order valence-electron chi connectivity index (χ1n) is 9.51. The van der Waals surface area contributed by atoms with Gasteiger partial charge in [-0.2, -0.15) is 0 Å². The van der Waals surface area contributed by atoms with Gasteiger partial charge in [0.2, 0.25) is 5.91 Å². The molecule has 0 fully saturated rings. The molecule has 0 aliphatic carbocycles. The Morgan fingerprint density at radius 3 is 1.88 bits per heavy atom. The van der Waals surface area contributed by atoms with Gasteiger partial charge in [0.25, 0.3) is 0 Å². The summed E-state index contributed by atoms with van der Waals surface area (Å²) in [7, 11) is 0. The summed E-state index contributed by atoms with van der Waals surface area (Å²) in [5.74, 6) is -1.00. The minimum atomic E-state index is -0.962. The number of nitrogens with one attached hydrogen (secondary N) is 2. The van der Waals surface area contributed by atoms with E-state index in [0.29, 0.717) is 12.1 Å². The molecule has 0 unspecified atom stereocenters. The minimum absolute atomic E-state index is 0.0399. The molecule has 5 nitrogen and oxygen atoms in total. The van der Waals surface area contributed by atoms with Crippen molar-refractivity contribution in [2.24, 2.45) is 0 Å². The minimum Gasteiger partial charge on any atom is -0.478 e. The average molecular weight is 348 g/mol. The third kappa shape index (κ3) is 10.4. The van der Waals surface area contributed by atoms with E-state index >= 15 is 0 Å². The van der Waals surface area contributed by atoms with Crippen LogP contribution in [0.3, 0.4) is 0 Å². The first-order valence-corrected chi connectivity index (χ1v) is 9.51. The highest BCUT2D eigenvalue weighted by molar-refractivity contribution is 5.88. The van der Waals surface area contributed by atoms with Crippen LogP contribution < -0.4 is 10.9 Å². The third-order valence-corrected chi connectivity index (χ3v) is 4.24. The highest BCUT2D eigenvalue weighted by Crippen LogP contribution is 2.11. The van der Waals surface area contributed by atoms with Crippen molar-refractivity contribution >= 4 is 17.6 Å². The molecule has 0 aromatic heterocycles. The molecule has 1 aromatic carbocycles. The smallest absolute Gasteiger partial charge is 0.335 e. The van der Waals surface area contributed by atoms with E-state index in [1.807, 2.05) is 0 Å². The van der Waals surface area contributed by atoms with E-state index in [2.05, 4.69) is 17.8 Å². The molecule has 5 heteroatoms. The largest absolute Gasteiger partial charge is 0.478 e. The Kier molecular flexibility index (Phi) is 11.2. The van der Waals surface area contributed by atoms with Crippen molar-refractivity contribution in [1.29, 1.82) is 0 Å². The molecule has 0 saturated heterocycles. The maximum atomic E-state index is 11.8. The van der Waals surface area contributed by atoms with E-state index in [9.17, 15) is 9.59 Å². The van der Waals surface area contributed by atoms with Crippen molar-refractivity contribution in [1.82, 2.24) is 5.43 Å². The van der Waals surface area contributed by atoms with Crippen LogP contribution in [0.25, 0.3) is 0 Å². The van der Waals surface area contributed by atoms with Gasteiger partial charge in [0.1, 0.15) is 0 Å². The summed E-state index contributed by atoms with van der Waals surface area (Å²) in [6, 6.07) is 6.26. The number of benzene rings is 1. The summed E-state index contributed by atoms with van der Waals surface area (Å²) in [6.07, 6.45) is 13.0. The molecule has 0 aliphatic rings. The van der Waals surface area contributed by atoms with Crippen LogP contribution in [-0.4, -0.2) is 17.0 Å². The molecular formula is C20H32N2O3. The molecule has 0 atom stereocenters. The molecule has 0 radical (unpaired) electrons. The molecule has 3 N–H and O–H groups in total. The van der Waals surface area contributed by atoms with Crippen LogP contribution in [0.2, 0.25) is 0 Å². The van der Waals surface area contributed by atoms with Crippen LogP contribution in [0.5, 0.6) is 0 Å². The van der Waals surface area contributed by atoms with Gasteiger partial charge in [0.05, 0.1) is 11.3 Å². The van der Waals surface area contributed by atoms with Crippen LogP contribution in [0, 0.1) is 0 Å². The van der Waals surface area contributed by atoms with E-state index in [4.69, 9.17) is 5.11 Å². The van der Waals surface area contributed by atoms with Gasteiger partial charge in [-0.1, -0.05) is 64.7 Å². The molecule has 0 aliphatic heterocycles. The van der Waals surface area contributed by atoms with Gasteiger partial charge in [0.15, 0.2) is 0 Å². The number of carbonyl (C=O) groups is 2. The molecule has 140 valence electrons. The Morgan fingerprint density at radius 1 is 0.840 bits per heavy atom. The van der Waals surface area contributed by atoms with Crippen molar-refractivity contribution in [3.63, 3.8) is 0 Å². The van der Waals surface area contributed by atoms with Gasteiger partial charge in [-0.25, -0.2) is 4.79 Å². The summed E-state index contributed by atoms with van der Waals surface area (Å²) in [4.78, 5) is 22.5. The van der Waals surface area contributed by atoms with Crippen molar-refractivity contribution in [3.8, 4) is 0 Å². The Bertz CT molecular complexity index is 500. The van der Waals surface area contributed by atoms with Crippen LogP contribution in [0.4, 0.5) is 5.69 Å². The monoisotopic (exact) mass is 348 g/mol. The zero-order chi connectivity index (χ0) is 18.3. The second-order valence-electron chi connectivity index (χ2n) is 6.49. The van der Waals surface area contributed by atoms with E-state index in [1.54, 1.807) is 12.1 Å². The number of hydrazine groups is 1. The highest BCUT2D eigenvalue weighted by Gasteiger charge is 2.03.